The molecule has 0 aliphatic carbocycles. The van der Waals surface area contributed by atoms with Crippen LogP contribution >= 0.6 is 0 Å². The van der Waals surface area contributed by atoms with Gasteiger partial charge in [0.2, 0.25) is 0 Å². The normalized spacial score (nSPS) is 26.1. The molecular weight excluding hydrogens is 182 g/mol. The number of carbonyl (C=O) groups is 1. The second kappa shape index (κ2) is 3.02. The van der Waals surface area contributed by atoms with Crippen molar-refractivity contribution in [3.63, 3.8) is 0 Å². The molecule has 78 valence electrons. The molecule has 0 amide bonds. The van der Waals surface area contributed by atoms with Gasteiger partial charge in [0.25, 0.3) is 0 Å². The molecule has 1 aliphatic heterocycles. The van der Waals surface area contributed by atoms with E-state index >= 15 is 0 Å². The molecule has 0 atom stereocenters. The molecule has 0 unspecified atom stereocenters. The molecule has 0 radical (unpaired) electrons. The van der Waals surface area contributed by atoms with Gasteiger partial charge in [0.15, 0.2) is 5.78 Å². The summed E-state index contributed by atoms with van der Waals surface area (Å²) in [7, 11) is 0. The maximum atomic E-state index is 11.7. The topological polar surface area (TPSA) is 57.6 Å². The summed E-state index contributed by atoms with van der Waals surface area (Å²) in [5.41, 5.74) is -1.52. The third-order valence-electron chi connectivity index (χ3n) is 2.67. The monoisotopic (exact) mass is 197 g/mol. The van der Waals surface area contributed by atoms with Crippen molar-refractivity contribution in [3.8, 4) is 0 Å². The van der Waals surface area contributed by atoms with Gasteiger partial charge >= 0.3 is 0 Å². The molecule has 0 aromatic heterocycles. The van der Waals surface area contributed by atoms with Crippen LogP contribution in [0.25, 0.3) is 0 Å². The number of rotatable bonds is 0. The Morgan fingerprint density at radius 3 is 2.29 bits per heavy atom. The number of hydrogen-bond acceptors (Lipinski definition) is 4. The summed E-state index contributed by atoms with van der Waals surface area (Å²) >= 11 is 0. The highest BCUT2D eigenvalue weighted by Crippen LogP contribution is 2.35. The van der Waals surface area contributed by atoms with E-state index in [1.165, 1.54) is 0 Å². The van der Waals surface area contributed by atoms with Crippen LogP contribution in [0, 0.1) is 0 Å². The smallest absolute Gasteiger partial charge is 0.191 e. The molecule has 1 rings (SSSR count). The highest BCUT2D eigenvalue weighted by atomic mass is 16.5. The summed E-state index contributed by atoms with van der Waals surface area (Å²) < 4.78 is 0. The van der Waals surface area contributed by atoms with Gasteiger partial charge < -0.3 is 5.21 Å². The van der Waals surface area contributed by atoms with E-state index in [9.17, 15) is 14.8 Å². The molecule has 1 heterocycles. The van der Waals surface area contributed by atoms with Gasteiger partial charge in [-0.05, 0) is 27.7 Å². The van der Waals surface area contributed by atoms with Crippen LogP contribution < -0.4 is 0 Å². The van der Waals surface area contributed by atoms with E-state index in [4.69, 9.17) is 0 Å². The van der Waals surface area contributed by atoms with Gasteiger partial charge in [-0.15, -0.1) is 0 Å². The van der Waals surface area contributed by atoms with E-state index < -0.39 is 11.1 Å². The van der Waals surface area contributed by atoms with Gasteiger partial charge in [0, 0.05) is 12.0 Å². The molecule has 0 aromatic carbocycles. The van der Waals surface area contributed by atoms with Crippen LogP contribution in [0.5, 0.6) is 0 Å². The van der Waals surface area contributed by atoms with Gasteiger partial charge in [-0.3, -0.25) is 4.79 Å². The van der Waals surface area contributed by atoms with Crippen molar-refractivity contribution in [2.45, 2.75) is 45.2 Å². The van der Waals surface area contributed by atoms with Crippen molar-refractivity contribution in [3.05, 3.63) is 5.57 Å². The Balaban J connectivity index is 3.23. The highest BCUT2D eigenvalue weighted by Gasteiger charge is 2.49. The zero-order chi connectivity index (χ0) is 11.1. The Labute approximate surface area is 83.2 Å². The predicted octanol–water partition coefficient (Wildman–Crippen LogP) is 0.966. The molecule has 4 heteroatoms. The summed E-state index contributed by atoms with van der Waals surface area (Å²) in [6, 6.07) is 0. The molecule has 0 spiro atoms. The lowest BCUT2D eigenvalue weighted by molar-refractivity contribution is -0.226. The number of piperidine rings is 1. The lowest BCUT2D eigenvalue weighted by atomic mass is 9.78. The van der Waals surface area contributed by atoms with Gasteiger partial charge in [-0.2, -0.15) is 5.06 Å². The van der Waals surface area contributed by atoms with Crippen LogP contribution in [0.4, 0.5) is 0 Å². The lowest BCUT2D eigenvalue weighted by Crippen LogP contribution is -2.62. The highest BCUT2D eigenvalue weighted by molar-refractivity contribution is 6.08. The summed E-state index contributed by atoms with van der Waals surface area (Å²) in [5, 5.41) is 10.8. The molecule has 1 aliphatic rings. The van der Waals surface area contributed by atoms with E-state index in [2.05, 4.69) is 0 Å². The van der Waals surface area contributed by atoms with Crippen LogP contribution in [-0.4, -0.2) is 33.1 Å². The zero-order valence-electron chi connectivity index (χ0n) is 8.92. The third kappa shape index (κ3) is 1.42. The van der Waals surface area contributed by atoms with Crippen LogP contribution in [0.2, 0.25) is 0 Å². The average molecular weight is 197 g/mol. The van der Waals surface area contributed by atoms with Crippen LogP contribution in [-0.2, 0) is 9.59 Å². The molecule has 1 saturated heterocycles. The fraction of sp³-hybridized carbons (Fsp3) is 0.700. The standard InChI is InChI=1S/C10H15NO3/c1-9(2)5-7(6-12)8(13)10(3,4)11(9)14/h14H,5H2,1-4H3. The Hall–Kier alpha value is -0.960. The maximum Gasteiger partial charge on any atom is 0.191 e. The Morgan fingerprint density at radius 2 is 1.86 bits per heavy atom. The van der Waals surface area contributed by atoms with Crippen LogP contribution in [0.1, 0.15) is 34.1 Å². The summed E-state index contributed by atoms with van der Waals surface area (Å²) in [6.07, 6.45) is 0.231. The van der Waals surface area contributed by atoms with Crippen molar-refractivity contribution in [1.29, 1.82) is 0 Å². The first-order chi connectivity index (χ1) is 6.23. The molecule has 0 saturated carbocycles. The van der Waals surface area contributed by atoms with Crippen LogP contribution in [0.15, 0.2) is 5.57 Å². The number of hydroxylamine groups is 2. The summed E-state index contributed by atoms with van der Waals surface area (Å²) in [5.74, 6) is 1.31. The van der Waals surface area contributed by atoms with Crippen molar-refractivity contribution in [1.82, 2.24) is 5.06 Å². The number of carbonyl (C=O) groups excluding carboxylic acids is 2. The number of hydrogen-bond donors (Lipinski definition) is 1. The Bertz CT molecular complexity index is 324. The quantitative estimate of drug-likeness (QED) is 0.464. The molecule has 0 aromatic rings. The number of ketones is 1. The largest absolute Gasteiger partial charge is 0.312 e. The molecule has 0 bridgehead atoms. The molecular formula is C10H15NO3. The van der Waals surface area contributed by atoms with Gasteiger partial charge in [-0.25, -0.2) is 4.79 Å². The first-order valence-electron chi connectivity index (χ1n) is 4.51. The first kappa shape index (κ1) is 11.1. The van der Waals surface area contributed by atoms with E-state index in [1.54, 1.807) is 33.6 Å². The number of Topliss-reactive ketones (excluding diaryl/α,β-unsaturated/α-hetero) is 1. The molecule has 1 N–H and O–H groups in total. The van der Waals surface area contributed by atoms with E-state index in [1.807, 2.05) is 0 Å². The second-order valence-electron chi connectivity index (χ2n) is 4.77. The summed E-state index contributed by atoms with van der Waals surface area (Å²) in [6.45, 7) is 6.73. The van der Waals surface area contributed by atoms with E-state index in [0.717, 1.165) is 5.06 Å². The molecule has 14 heavy (non-hydrogen) atoms. The van der Waals surface area contributed by atoms with Gasteiger partial charge in [0.05, 0.1) is 5.57 Å². The number of nitrogens with zero attached hydrogens (tertiary/aromatic N) is 1. The summed E-state index contributed by atoms with van der Waals surface area (Å²) in [4.78, 5) is 22.2. The first-order valence-corrected chi connectivity index (χ1v) is 4.51. The fourth-order valence-electron chi connectivity index (χ4n) is 1.89. The predicted molar refractivity (Wildman–Crippen MR) is 50.6 cm³/mol. The fourth-order valence-corrected chi connectivity index (χ4v) is 1.89. The SMILES string of the molecule is CC1(C)CC(=C=O)C(=O)C(C)(C)N1O. The minimum atomic E-state index is -1.05. The minimum Gasteiger partial charge on any atom is -0.312 e. The Kier molecular flexibility index (Phi) is 2.40. The minimum absolute atomic E-state index is 0.130. The van der Waals surface area contributed by atoms with E-state index in [-0.39, 0.29) is 17.8 Å². The third-order valence-corrected chi connectivity index (χ3v) is 2.67. The average Bonchev–Trinajstić information content (AvgIpc) is 2.09. The maximum absolute atomic E-state index is 11.7. The van der Waals surface area contributed by atoms with Crippen molar-refractivity contribution >= 4 is 11.7 Å². The van der Waals surface area contributed by atoms with Crippen molar-refractivity contribution in [2.24, 2.45) is 0 Å². The Morgan fingerprint density at radius 1 is 1.36 bits per heavy atom. The van der Waals surface area contributed by atoms with Crippen LogP contribution in [0.3, 0.4) is 0 Å². The van der Waals surface area contributed by atoms with Gasteiger partial charge in [0.1, 0.15) is 11.5 Å². The molecule has 4 nitrogen and oxygen atoms in total. The lowest BCUT2D eigenvalue weighted by Gasteiger charge is -2.47. The second-order valence-corrected chi connectivity index (χ2v) is 4.77. The van der Waals surface area contributed by atoms with Crippen molar-refractivity contribution in [2.75, 3.05) is 0 Å². The zero-order valence-corrected chi connectivity index (χ0v) is 8.92. The van der Waals surface area contributed by atoms with E-state index in [0.29, 0.717) is 0 Å². The molecule has 1 fully saturated rings. The van der Waals surface area contributed by atoms with Crippen molar-refractivity contribution < 1.29 is 14.8 Å². The van der Waals surface area contributed by atoms with Gasteiger partial charge in [-0.1, -0.05) is 0 Å².